The first-order chi connectivity index (χ1) is 9.65. The second kappa shape index (κ2) is 6.42. The van der Waals surface area contributed by atoms with Crippen LogP contribution in [0.15, 0.2) is 12.4 Å². The number of rotatable bonds is 7. The van der Waals surface area contributed by atoms with Crippen LogP contribution in [0.25, 0.3) is 0 Å². The van der Waals surface area contributed by atoms with Crippen LogP contribution in [-0.2, 0) is 24.9 Å². The fourth-order valence-corrected chi connectivity index (χ4v) is 2.09. The monoisotopic (exact) mass is 279 g/mol. The van der Waals surface area contributed by atoms with Gasteiger partial charge in [-0.3, -0.25) is 4.68 Å². The summed E-state index contributed by atoms with van der Waals surface area (Å²) < 4.78 is 14.0. The highest BCUT2D eigenvalue weighted by atomic mass is 16.5. The highest BCUT2D eigenvalue weighted by Gasteiger charge is 2.13. The molecule has 7 heteroatoms. The summed E-state index contributed by atoms with van der Waals surface area (Å²) in [6, 6.07) is 0. The highest BCUT2D eigenvalue weighted by molar-refractivity contribution is 5.41. The van der Waals surface area contributed by atoms with Crippen molar-refractivity contribution in [1.82, 2.24) is 19.6 Å². The van der Waals surface area contributed by atoms with Gasteiger partial charge in [0.25, 0.3) is 0 Å². The predicted molar refractivity (Wildman–Crippen MR) is 75.9 cm³/mol. The maximum atomic E-state index is 5.37. The van der Waals surface area contributed by atoms with Gasteiger partial charge in [0.05, 0.1) is 43.4 Å². The van der Waals surface area contributed by atoms with Gasteiger partial charge in [-0.1, -0.05) is 0 Å². The molecule has 0 aliphatic rings. The second-order valence-electron chi connectivity index (χ2n) is 4.54. The molecule has 20 heavy (non-hydrogen) atoms. The van der Waals surface area contributed by atoms with E-state index in [1.54, 1.807) is 25.1 Å². The zero-order valence-electron chi connectivity index (χ0n) is 12.4. The van der Waals surface area contributed by atoms with E-state index in [1.807, 2.05) is 24.9 Å². The van der Waals surface area contributed by atoms with Crippen molar-refractivity contribution in [2.45, 2.75) is 20.0 Å². The zero-order valence-corrected chi connectivity index (χ0v) is 12.4. The number of anilines is 1. The van der Waals surface area contributed by atoms with E-state index >= 15 is 0 Å². The van der Waals surface area contributed by atoms with Crippen LogP contribution in [0.3, 0.4) is 0 Å². The average Bonchev–Trinajstić information content (AvgIpc) is 2.98. The maximum absolute atomic E-state index is 5.37. The summed E-state index contributed by atoms with van der Waals surface area (Å²) >= 11 is 0. The molecule has 2 aromatic rings. The zero-order chi connectivity index (χ0) is 14.5. The minimum Gasteiger partial charge on any atom is -0.481 e. The molecule has 110 valence electrons. The SMILES string of the molecule is COCCn1cc(NCc2c(C)nn(C)c2OC)cn1. The Kier molecular flexibility index (Phi) is 4.62. The Balaban J connectivity index is 2.00. The van der Waals surface area contributed by atoms with Gasteiger partial charge in [0.2, 0.25) is 5.88 Å². The minimum atomic E-state index is 0.649. The summed E-state index contributed by atoms with van der Waals surface area (Å²) in [7, 11) is 5.21. The summed E-state index contributed by atoms with van der Waals surface area (Å²) in [5.41, 5.74) is 2.98. The van der Waals surface area contributed by atoms with E-state index in [9.17, 15) is 0 Å². The van der Waals surface area contributed by atoms with Gasteiger partial charge in [0.1, 0.15) is 0 Å². The lowest BCUT2D eigenvalue weighted by Gasteiger charge is -2.06. The van der Waals surface area contributed by atoms with Crippen LogP contribution in [-0.4, -0.2) is 40.4 Å². The summed E-state index contributed by atoms with van der Waals surface area (Å²) in [6.07, 6.45) is 3.75. The molecular formula is C13H21N5O2. The molecule has 0 aliphatic heterocycles. The fourth-order valence-electron chi connectivity index (χ4n) is 2.09. The van der Waals surface area contributed by atoms with E-state index in [2.05, 4.69) is 15.5 Å². The summed E-state index contributed by atoms with van der Waals surface area (Å²) in [5, 5.41) is 11.9. The van der Waals surface area contributed by atoms with Crippen LogP contribution in [0.2, 0.25) is 0 Å². The van der Waals surface area contributed by atoms with Crippen molar-refractivity contribution in [1.29, 1.82) is 0 Å². The van der Waals surface area contributed by atoms with Crippen LogP contribution in [0, 0.1) is 6.92 Å². The molecule has 7 nitrogen and oxygen atoms in total. The third-order valence-electron chi connectivity index (χ3n) is 3.11. The first-order valence-electron chi connectivity index (χ1n) is 6.47. The Morgan fingerprint density at radius 3 is 2.85 bits per heavy atom. The molecule has 2 aromatic heterocycles. The van der Waals surface area contributed by atoms with Crippen LogP contribution >= 0.6 is 0 Å². The van der Waals surface area contributed by atoms with E-state index in [-0.39, 0.29) is 0 Å². The van der Waals surface area contributed by atoms with E-state index in [0.717, 1.165) is 29.4 Å². The van der Waals surface area contributed by atoms with Crippen LogP contribution in [0.1, 0.15) is 11.3 Å². The third-order valence-corrected chi connectivity index (χ3v) is 3.11. The predicted octanol–water partition coefficient (Wildman–Crippen LogP) is 1.19. The highest BCUT2D eigenvalue weighted by Crippen LogP contribution is 2.22. The van der Waals surface area contributed by atoms with Crippen LogP contribution < -0.4 is 10.1 Å². The van der Waals surface area contributed by atoms with Crippen molar-refractivity contribution in [2.24, 2.45) is 7.05 Å². The molecule has 2 rings (SSSR count). The average molecular weight is 279 g/mol. The Bertz CT molecular complexity index is 561. The standard InChI is InChI=1S/C13H21N5O2/c1-10-12(13(20-4)17(2)16-10)8-14-11-7-15-18(9-11)5-6-19-3/h7,9,14H,5-6,8H2,1-4H3. The number of hydrogen-bond acceptors (Lipinski definition) is 5. The van der Waals surface area contributed by atoms with Gasteiger partial charge in [-0.15, -0.1) is 0 Å². The smallest absolute Gasteiger partial charge is 0.216 e. The lowest BCUT2D eigenvalue weighted by atomic mass is 10.2. The summed E-state index contributed by atoms with van der Waals surface area (Å²) in [6.45, 7) is 4.02. The first kappa shape index (κ1) is 14.4. The van der Waals surface area contributed by atoms with Crippen LogP contribution in [0.4, 0.5) is 5.69 Å². The normalized spacial score (nSPS) is 10.8. The van der Waals surface area contributed by atoms with Gasteiger partial charge in [0.15, 0.2) is 0 Å². The van der Waals surface area contributed by atoms with Crippen molar-refractivity contribution in [3.63, 3.8) is 0 Å². The number of hydrogen-bond donors (Lipinski definition) is 1. The molecule has 0 aromatic carbocycles. The van der Waals surface area contributed by atoms with E-state index in [1.165, 1.54) is 0 Å². The molecule has 0 fully saturated rings. The quantitative estimate of drug-likeness (QED) is 0.824. The van der Waals surface area contributed by atoms with Gasteiger partial charge in [0, 0.05) is 26.9 Å². The topological polar surface area (TPSA) is 66.1 Å². The molecule has 0 amide bonds. The lowest BCUT2D eigenvalue weighted by molar-refractivity contribution is 0.183. The number of ether oxygens (including phenoxy) is 2. The van der Waals surface area contributed by atoms with Crippen molar-refractivity contribution in [2.75, 3.05) is 26.1 Å². The summed E-state index contributed by atoms with van der Waals surface area (Å²) in [5.74, 6) is 0.779. The third kappa shape index (κ3) is 3.11. The van der Waals surface area contributed by atoms with E-state index in [4.69, 9.17) is 9.47 Å². The first-order valence-corrected chi connectivity index (χ1v) is 6.47. The Labute approximate surface area is 118 Å². The molecule has 0 aliphatic carbocycles. The van der Waals surface area contributed by atoms with Gasteiger partial charge in [-0.25, -0.2) is 4.68 Å². The van der Waals surface area contributed by atoms with Crippen molar-refractivity contribution >= 4 is 5.69 Å². The second-order valence-corrected chi connectivity index (χ2v) is 4.54. The number of nitrogens with zero attached hydrogens (tertiary/aromatic N) is 4. The molecule has 0 spiro atoms. The molecule has 0 radical (unpaired) electrons. The van der Waals surface area contributed by atoms with Gasteiger partial charge >= 0.3 is 0 Å². The minimum absolute atomic E-state index is 0.649. The molecular weight excluding hydrogens is 258 g/mol. The number of methoxy groups -OCH3 is 2. The molecule has 2 heterocycles. The van der Waals surface area contributed by atoms with E-state index in [0.29, 0.717) is 13.2 Å². The Morgan fingerprint density at radius 2 is 2.15 bits per heavy atom. The molecule has 1 N–H and O–H groups in total. The number of aromatic nitrogens is 4. The molecule has 0 saturated heterocycles. The fraction of sp³-hybridized carbons (Fsp3) is 0.538. The summed E-state index contributed by atoms with van der Waals surface area (Å²) in [4.78, 5) is 0. The Hall–Kier alpha value is -2.02. The maximum Gasteiger partial charge on any atom is 0.216 e. The van der Waals surface area contributed by atoms with Gasteiger partial charge < -0.3 is 14.8 Å². The van der Waals surface area contributed by atoms with Gasteiger partial charge in [-0.05, 0) is 6.92 Å². The largest absolute Gasteiger partial charge is 0.481 e. The molecule has 0 saturated carbocycles. The lowest BCUT2D eigenvalue weighted by Crippen LogP contribution is -2.04. The Morgan fingerprint density at radius 1 is 1.35 bits per heavy atom. The van der Waals surface area contributed by atoms with Gasteiger partial charge in [-0.2, -0.15) is 10.2 Å². The number of nitrogens with one attached hydrogen (secondary N) is 1. The molecule has 0 unspecified atom stereocenters. The van der Waals surface area contributed by atoms with E-state index < -0.39 is 0 Å². The van der Waals surface area contributed by atoms with Crippen LogP contribution in [0.5, 0.6) is 5.88 Å². The molecule has 0 atom stereocenters. The molecule has 0 bridgehead atoms. The van der Waals surface area contributed by atoms with Crippen molar-refractivity contribution < 1.29 is 9.47 Å². The van der Waals surface area contributed by atoms with Crippen molar-refractivity contribution in [3.8, 4) is 5.88 Å². The van der Waals surface area contributed by atoms with Crippen molar-refractivity contribution in [3.05, 3.63) is 23.7 Å². The number of aryl methyl sites for hydroxylation is 2.